The van der Waals surface area contributed by atoms with Gasteiger partial charge in [0.15, 0.2) is 0 Å². The quantitative estimate of drug-likeness (QED) is 0.249. The summed E-state index contributed by atoms with van der Waals surface area (Å²) < 4.78 is 7.65. The molecule has 0 saturated carbocycles. The molecule has 5 aromatic rings. The standard InChI is InChI=1S/C27H21ClN2O2S/c1-17-26(27(31)25-12-11-24(33-25)19-4-3-13-29-15-19)22-14-21(32-2)9-10-23(22)30(17)16-18-5-7-20(28)8-6-18/h3-15H,16H2,1-2H3. The summed E-state index contributed by atoms with van der Waals surface area (Å²) in [5, 5.41) is 1.60. The third-order valence-electron chi connectivity index (χ3n) is 5.79. The minimum Gasteiger partial charge on any atom is -0.497 e. The van der Waals surface area contributed by atoms with Crippen LogP contribution < -0.4 is 4.74 Å². The van der Waals surface area contributed by atoms with Gasteiger partial charge in [-0.05, 0) is 61.0 Å². The lowest BCUT2D eigenvalue weighted by molar-refractivity contribution is 0.104. The SMILES string of the molecule is COc1ccc2c(c1)c(C(=O)c1ccc(-c3cccnc3)s1)c(C)n2Cc1ccc(Cl)cc1. The number of fused-ring (bicyclic) bond motifs is 1. The van der Waals surface area contributed by atoms with E-state index in [0.29, 0.717) is 22.0 Å². The molecule has 5 rings (SSSR count). The second-order valence-electron chi connectivity index (χ2n) is 7.79. The Kier molecular flexibility index (Phi) is 5.75. The molecular formula is C27H21ClN2O2S. The average molecular weight is 473 g/mol. The Bertz CT molecular complexity index is 1450. The molecule has 6 heteroatoms. The first-order valence-electron chi connectivity index (χ1n) is 10.5. The van der Waals surface area contributed by atoms with Gasteiger partial charge in [-0.15, -0.1) is 11.3 Å². The van der Waals surface area contributed by atoms with Crippen molar-refractivity contribution in [1.82, 2.24) is 9.55 Å². The number of carbonyl (C=O) groups excluding carboxylic acids is 1. The summed E-state index contributed by atoms with van der Waals surface area (Å²) >= 11 is 7.55. The first-order chi connectivity index (χ1) is 16.0. The molecule has 0 spiro atoms. The second kappa shape index (κ2) is 8.85. The highest BCUT2D eigenvalue weighted by Crippen LogP contribution is 2.35. The molecule has 3 aromatic heterocycles. The Labute approximate surface area is 201 Å². The second-order valence-corrected chi connectivity index (χ2v) is 9.31. The first-order valence-corrected chi connectivity index (χ1v) is 11.7. The van der Waals surface area contributed by atoms with Crippen LogP contribution in [0.15, 0.2) is 79.1 Å². The largest absolute Gasteiger partial charge is 0.497 e. The molecule has 0 aliphatic rings. The lowest BCUT2D eigenvalue weighted by atomic mass is 10.1. The molecule has 0 aliphatic heterocycles. The van der Waals surface area contributed by atoms with Gasteiger partial charge in [-0.2, -0.15) is 0 Å². The fraction of sp³-hybridized carbons (Fsp3) is 0.111. The lowest BCUT2D eigenvalue weighted by Crippen LogP contribution is -2.05. The smallest absolute Gasteiger partial charge is 0.205 e. The zero-order valence-electron chi connectivity index (χ0n) is 18.2. The van der Waals surface area contributed by atoms with Crippen molar-refractivity contribution in [2.24, 2.45) is 0 Å². The number of aromatic nitrogens is 2. The molecule has 33 heavy (non-hydrogen) atoms. The van der Waals surface area contributed by atoms with E-state index in [-0.39, 0.29) is 5.78 Å². The number of hydrogen-bond donors (Lipinski definition) is 0. The summed E-state index contributed by atoms with van der Waals surface area (Å²) in [4.78, 5) is 19.7. The van der Waals surface area contributed by atoms with Crippen molar-refractivity contribution in [2.75, 3.05) is 7.11 Å². The van der Waals surface area contributed by atoms with Crippen molar-refractivity contribution in [1.29, 1.82) is 0 Å². The number of methoxy groups -OCH3 is 1. The zero-order valence-corrected chi connectivity index (χ0v) is 19.8. The highest BCUT2D eigenvalue weighted by Gasteiger charge is 2.23. The molecule has 0 saturated heterocycles. The van der Waals surface area contributed by atoms with Crippen LogP contribution >= 0.6 is 22.9 Å². The summed E-state index contributed by atoms with van der Waals surface area (Å²) in [6.45, 7) is 2.65. The number of hydrogen-bond acceptors (Lipinski definition) is 4. The third kappa shape index (κ3) is 4.06. The van der Waals surface area contributed by atoms with Crippen LogP contribution in [-0.4, -0.2) is 22.4 Å². The number of ether oxygens (including phenoxy) is 1. The van der Waals surface area contributed by atoms with Crippen LogP contribution in [0.5, 0.6) is 5.75 Å². The minimum absolute atomic E-state index is 0.0146. The van der Waals surface area contributed by atoms with Crippen LogP contribution in [0.25, 0.3) is 21.3 Å². The fourth-order valence-corrected chi connectivity index (χ4v) is 5.17. The van der Waals surface area contributed by atoms with E-state index in [2.05, 4.69) is 9.55 Å². The zero-order chi connectivity index (χ0) is 22.9. The van der Waals surface area contributed by atoms with Gasteiger partial charge in [-0.3, -0.25) is 9.78 Å². The molecule has 3 heterocycles. The highest BCUT2D eigenvalue weighted by molar-refractivity contribution is 7.17. The highest BCUT2D eigenvalue weighted by atomic mass is 35.5. The maximum atomic E-state index is 13.8. The summed E-state index contributed by atoms with van der Waals surface area (Å²) in [5.41, 5.74) is 4.75. The normalized spacial score (nSPS) is 11.1. The van der Waals surface area contributed by atoms with Crippen LogP contribution in [0.2, 0.25) is 5.02 Å². The summed E-state index contributed by atoms with van der Waals surface area (Å²) in [6.07, 6.45) is 3.56. The molecule has 0 unspecified atom stereocenters. The summed E-state index contributed by atoms with van der Waals surface area (Å²) in [6, 6.07) is 21.5. The van der Waals surface area contributed by atoms with Gasteiger partial charge < -0.3 is 9.30 Å². The van der Waals surface area contributed by atoms with Gasteiger partial charge in [0, 0.05) is 51.0 Å². The van der Waals surface area contributed by atoms with Gasteiger partial charge >= 0.3 is 0 Å². The molecule has 0 N–H and O–H groups in total. The maximum absolute atomic E-state index is 13.8. The van der Waals surface area contributed by atoms with Crippen molar-refractivity contribution >= 4 is 39.6 Å². The number of carbonyl (C=O) groups is 1. The molecule has 0 aliphatic carbocycles. The molecule has 0 fully saturated rings. The molecular weight excluding hydrogens is 452 g/mol. The number of rotatable bonds is 6. The molecule has 0 atom stereocenters. The van der Waals surface area contributed by atoms with Gasteiger partial charge in [0.25, 0.3) is 0 Å². The van der Waals surface area contributed by atoms with E-state index < -0.39 is 0 Å². The Morgan fingerprint density at radius 3 is 2.64 bits per heavy atom. The molecule has 4 nitrogen and oxygen atoms in total. The molecule has 0 amide bonds. The van der Waals surface area contributed by atoms with E-state index in [1.807, 2.05) is 79.9 Å². The summed E-state index contributed by atoms with van der Waals surface area (Å²) in [7, 11) is 1.64. The maximum Gasteiger partial charge on any atom is 0.205 e. The Balaban J connectivity index is 1.61. The topological polar surface area (TPSA) is 44.1 Å². The number of pyridine rings is 1. The number of nitrogens with zero attached hydrogens (tertiary/aromatic N) is 2. The van der Waals surface area contributed by atoms with Crippen molar-refractivity contribution in [3.63, 3.8) is 0 Å². The van der Waals surface area contributed by atoms with Gasteiger partial charge in [0.1, 0.15) is 5.75 Å². The average Bonchev–Trinajstić information content (AvgIpc) is 3.44. The van der Waals surface area contributed by atoms with E-state index in [1.165, 1.54) is 11.3 Å². The first kappa shape index (κ1) is 21.4. The number of ketones is 1. The van der Waals surface area contributed by atoms with E-state index >= 15 is 0 Å². The predicted octanol–water partition coefficient (Wildman–Crippen LogP) is 7.01. The van der Waals surface area contributed by atoms with Crippen molar-refractivity contribution < 1.29 is 9.53 Å². The lowest BCUT2D eigenvalue weighted by Gasteiger charge is -2.09. The monoisotopic (exact) mass is 472 g/mol. The summed E-state index contributed by atoms with van der Waals surface area (Å²) in [5.74, 6) is 0.739. The minimum atomic E-state index is 0.0146. The number of halogens is 1. The van der Waals surface area contributed by atoms with E-state index in [4.69, 9.17) is 16.3 Å². The Hall–Kier alpha value is -3.41. The number of thiophene rings is 1. The van der Waals surface area contributed by atoms with E-state index in [1.54, 1.807) is 13.3 Å². The molecule has 164 valence electrons. The van der Waals surface area contributed by atoms with Gasteiger partial charge in [0.05, 0.1) is 17.6 Å². The van der Waals surface area contributed by atoms with Crippen molar-refractivity contribution in [2.45, 2.75) is 13.5 Å². The third-order valence-corrected chi connectivity index (χ3v) is 7.17. The van der Waals surface area contributed by atoms with Crippen LogP contribution in [0.3, 0.4) is 0 Å². The van der Waals surface area contributed by atoms with Crippen LogP contribution in [0, 0.1) is 6.92 Å². The van der Waals surface area contributed by atoms with Crippen molar-refractivity contribution in [3.05, 3.63) is 106 Å². The van der Waals surface area contributed by atoms with Gasteiger partial charge in [-0.25, -0.2) is 0 Å². The Morgan fingerprint density at radius 2 is 1.91 bits per heavy atom. The van der Waals surface area contributed by atoms with Crippen LogP contribution in [0.4, 0.5) is 0 Å². The molecule has 2 aromatic carbocycles. The van der Waals surface area contributed by atoms with Crippen LogP contribution in [0.1, 0.15) is 26.5 Å². The molecule has 0 radical (unpaired) electrons. The van der Waals surface area contributed by atoms with Gasteiger partial charge in [-0.1, -0.05) is 29.8 Å². The Morgan fingerprint density at radius 1 is 1.09 bits per heavy atom. The van der Waals surface area contributed by atoms with E-state index in [9.17, 15) is 4.79 Å². The predicted molar refractivity (Wildman–Crippen MR) is 135 cm³/mol. The molecule has 0 bridgehead atoms. The van der Waals surface area contributed by atoms with Gasteiger partial charge in [0.2, 0.25) is 5.78 Å². The number of benzene rings is 2. The van der Waals surface area contributed by atoms with Crippen LogP contribution in [-0.2, 0) is 6.54 Å². The van der Waals surface area contributed by atoms with Crippen molar-refractivity contribution in [3.8, 4) is 16.2 Å². The van der Waals surface area contributed by atoms with E-state index in [0.717, 1.165) is 38.4 Å². The fourth-order valence-electron chi connectivity index (χ4n) is 4.10.